The van der Waals surface area contributed by atoms with Crippen molar-refractivity contribution in [1.29, 1.82) is 0 Å². The maximum absolute atomic E-state index is 12.9. The standard InChI is InChI=1S/C28H29N3O3S/c1-19(21-7-5-4-6-8-21)29-28(35)31(17-20-9-11-24(33-2)12-10-20)18-23-15-22-16-25(34-3)13-14-26(22)30-27(23)32/h4-16,19H,17-18H2,1-3H3,(H,29,35)(H,30,32)/t19-/m1/s1. The molecule has 180 valence electrons. The fourth-order valence-electron chi connectivity index (χ4n) is 3.93. The van der Waals surface area contributed by atoms with Crippen LogP contribution in [-0.4, -0.2) is 29.2 Å². The number of aromatic amines is 1. The van der Waals surface area contributed by atoms with Crippen LogP contribution in [0.1, 0.15) is 29.7 Å². The number of nitrogens with zero attached hydrogens (tertiary/aromatic N) is 1. The quantitative estimate of drug-likeness (QED) is 0.334. The predicted octanol–water partition coefficient (Wildman–Crippen LogP) is 5.18. The van der Waals surface area contributed by atoms with Crippen molar-refractivity contribution in [2.24, 2.45) is 0 Å². The summed E-state index contributed by atoms with van der Waals surface area (Å²) in [6.07, 6.45) is 0. The molecule has 0 amide bonds. The fourth-order valence-corrected chi connectivity index (χ4v) is 4.24. The molecular weight excluding hydrogens is 458 g/mol. The molecule has 0 aliphatic carbocycles. The summed E-state index contributed by atoms with van der Waals surface area (Å²) < 4.78 is 10.6. The first-order valence-electron chi connectivity index (χ1n) is 11.4. The Morgan fingerprint density at radius 3 is 2.31 bits per heavy atom. The van der Waals surface area contributed by atoms with Gasteiger partial charge in [0.2, 0.25) is 0 Å². The van der Waals surface area contributed by atoms with Crippen LogP contribution in [0.2, 0.25) is 0 Å². The molecule has 35 heavy (non-hydrogen) atoms. The minimum absolute atomic E-state index is 0.0150. The monoisotopic (exact) mass is 487 g/mol. The first-order chi connectivity index (χ1) is 17.0. The number of pyridine rings is 1. The molecular formula is C28H29N3O3S. The smallest absolute Gasteiger partial charge is 0.253 e. The molecule has 4 rings (SSSR count). The summed E-state index contributed by atoms with van der Waals surface area (Å²) >= 11 is 5.84. The number of benzene rings is 3. The van der Waals surface area contributed by atoms with E-state index in [-0.39, 0.29) is 11.6 Å². The summed E-state index contributed by atoms with van der Waals surface area (Å²) in [7, 11) is 3.27. The minimum Gasteiger partial charge on any atom is -0.497 e. The van der Waals surface area contributed by atoms with E-state index < -0.39 is 0 Å². The molecule has 0 spiro atoms. The third-order valence-electron chi connectivity index (χ3n) is 5.95. The lowest BCUT2D eigenvalue weighted by Crippen LogP contribution is -2.41. The molecule has 1 heterocycles. The van der Waals surface area contributed by atoms with E-state index in [1.54, 1.807) is 14.2 Å². The van der Waals surface area contributed by atoms with Crippen LogP contribution in [0.4, 0.5) is 0 Å². The summed E-state index contributed by atoms with van der Waals surface area (Å²) in [4.78, 5) is 17.9. The van der Waals surface area contributed by atoms with E-state index in [9.17, 15) is 4.79 Å². The lowest BCUT2D eigenvalue weighted by molar-refractivity contribution is 0.390. The van der Waals surface area contributed by atoms with Gasteiger partial charge in [-0.2, -0.15) is 0 Å². The maximum atomic E-state index is 12.9. The first-order valence-corrected chi connectivity index (χ1v) is 11.8. The molecule has 1 aromatic heterocycles. The zero-order chi connectivity index (χ0) is 24.8. The zero-order valence-corrected chi connectivity index (χ0v) is 20.9. The number of hydrogen-bond acceptors (Lipinski definition) is 4. The number of rotatable bonds is 8. The van der Waals surface area contributed by atoms with E-state index in [1.807, 2.05) is 71.6 Å². The van der Waals surface area contributed by atoms with Crippen molar-refractivity contribution in [2.45, 2.75) is 26.1 Å². The van der Waals surface area contributed by atoms with Crippen LogP contribution in [0.15, 0.2) is 83.7 Å². The Morgan fingerprint density at radius 1 is 0.943 bits per heavy atom. The number of fused-ring (bicyclic) bond motifs is 1. The molecule has 0 aliphatic rings. The molecule has 0 saturated carbocycles. The number of hydrogen-bond donors (Lipinski definition) is 2. The maximum Gasteiger partial charge on any atom is 0.253 e. The van der Waals surface area contributed by atoms with Gasteiger partial charge in [0.1, 0.15) is 11.5 Å². The molecule has 3 aromatic carbocycles. The lowest BCUT2D eigenvalue weighted by Gasteiger charge is -2.28. The highest BCUT2D eigenvalue weighted by molar-refractivity contribution is 7.80. The van der Waals surface area contributed by atoms with Crippen LogP contribution >= 0.6 is 12.2 Å². The van der Waals surface area contributed by atoms with Crippen molar-refractivity contribution >= 4 is 28.2 Å². The first kappa shape index (κ1) is 24.3. The second-order valence-corrected chi connectivity index (χ2v) is 8.75. The Morgan fingerprint density at radius 2 is 1.63 bits per heavy atom. The van der Waals surface area contributed by atoms with Crippen LogP contribution in [-0.2, 0) is 13.1 Å². The van der Waals surface area contributed by atoms with Gasteiger partial charge in [0.05, 0.1) is 26.8 Å². The average molecular weight is 488 g/mol. The largest absolute Gasteiger partial charge is 0.497 e. The van der Waals surface area contributed by atoms with E-state index >= 15 is 0 Å². The molecule has 0 bridgehead atoms. The highest BCUT2D eigenvalue weighted by atomic mass is 32.1. The van der Waals surface area contributed by atoms with Gasteiger partial charge < -0.3 is 24.7 Å². The van der Waals surface area contributed by atoms with E-state index in [0.717, 1.165) is 33.5 Å². The molecule has 0 fully saturated rings. The van der Waals surface area contributed by atoms with Gasteiger partial charge in [-0.25, -0.2) is 0 Å². The van der Waals surface area contributed by atoms with Crippen molar-refractivity contribution in [2.75, 3.05) is 14.2 Å². The van der Waals surface area contributed by atoms with Crippen molar-refractivity contribution in [3.05, 3.63) is 106 Å². The Balaban J connectivity index is 1.63. The number of nitrogens with one attached hydrogen (secondary N) is 2. The number of methoxy groups -OCH3 is 2. The summed E-state index contributed by atoms with van der Waals surface area (Å²) in [5.74, 6) is 1.53. The molecule has 6 nitrogen and oxygen atoms in total. The molecule has 4 aromatic rings. The number of thiocarbonyl (C=S) groups is 1. The van der Waals surface area contributed by atoms with Crippen molar-refractivity contribution in [3.8, 4) is 11.5 Å². The van der Waals surface area contributed by atoms with E-state index in [1.165, 1.54) is 0 Å². The lowest BCUT2D eigenvalue weighted by atomic mass is 10.1. The molecule has 0 radical (unpaired) electrons. The van der Waals surface area contributed by atoms with Gasteiger partial charge in [-0.3, -0.25) is 4.79 Å². The minimum atomic E-state index is -0.138. The molecule has 2 N–H and O–H groups in total. The van der Waals surface area contributed by atoms with Gasteiger partial charge in [-0.1, -0.05) is 42.5 Å². The molecule has 7 heteroatoms. The Kier molecular flexibility index (Phi) is 7.67. The Labute approximate surface area is 210 Å². The fraction of sp³-hybridized carbons (Fsp3) is 0.214. The van der Waals surface area contributed by atoms with Crippen molar-refractivity contribution < 1.29 is 9.47 Å². The van der Waals surface area contributed by atoms with E-state index in [4.69, 9.17) is 21.7 Å². The third-order valence-corrected chi connectivity index (χ3v) is 6.32. The van der Waals surface area contributed by atoms with Gasteiger partial charge in [0, 0.05) is 23.0 Å². The van der Waals surface area contributed by atoms with Gasteiger partial charge in [0.15, 0.2) is 5.11 Å². The number of aromatic nitrogens is 1. The van der Waals surface area contributed by atoms with Gasteiger partial charge in [0.25, 0.3) is 5.56 Å². The number of ether oxygens (including phenoxy) is 2. The van der Waals surface area contributed by atoms with E-state index in [0.29, 0.717) is 23.8 Å². The summed E-state index contributed by atoms with van der Waals surface area (Å²) in [5, 5.41) is 4.91. The Bertz CT molecular complexity index is 1350. The van der Waals surface area contributed by atoms with Gasteiger partial charge in [-0.15, -0.1) is 0 Å². The normalized spacial score (nSPS) is 11.6. The van der Waals surface area contributed by atoms with Crippen LogP contribution in [0.3, 0.4) is 0 Å². The number of H-pyrrole nitrogens is 1. The van der Waals surface area contributed by atoms with Crippen LogP contribution < -0.4 is 20.3 Å². The van der Waals surface area contributed by atoms with Crippen molar-refractivity contribution in [3.63, 3.8) is 0 Å². The van der Waals surface area contributed by atoms with Gasteiger partial charge in [-0.05, 0) is 66.7 Å². The SMILES string of the molecule is COc1ccc(CN(Cc2cc3cc(OC)ccc3[nH]c2=O)C(=S)N[C@H](C)c2ccccc2)cc1. The second-order valence-electron chi connectivity index (χ2n) is 8.36. The zero-order valence-electron chi connectivity index (χ0n) is 20.1. The average Bonchev–Trinajstić information content (AvgIpc) is 2.89. The molecule has 0 unspecified atom stereocenters. The highest BCUT2D eigenvalue weighted by Crippen LogP contribution is 2.21. The summed E-state index contributed by atoms with van der Waals surface area (Å²) in [5.41, 5.74) is 3.44. The molecule has 0 saturated heterocycles. The van der Waals surface area contributed by atoms with Crippen molar-refractivity contribution in [1.82, 2.24) is 15.2 Å². The summed E-state index contributed by atoms with van der Waals surface area (Å²) in [6.45, 7) is 2.96. The third kappa shape index (κ3) is 6.00. The Hall–Kier alpha value is -3.84. The molecule has 1 atom stereocenters. The molecule has 0 aliphatic heterocycles. The van der Waals surface area contributed by atoms with E-state index in [2.05, 4.69) is 29.4 Å². The van der Waals surface area contributed by atoms with Crippen LogP contribution in [0.5, 0.6) is 11.5 Å². The second kappa shape index (κ2) is 11.1. The topological polar surface area (TPSA) is 66.6 Å². The predicted molar refractivity (Wildman–Crippen MR) is 144 cm³/mol. The van der Waals surface area contributed by atoms with Gasteiger partial charge >= 0.3 is 0 Å². The van der Waals surface area contributed by atoms with Crippen LogP contribution in [0.25, 0.3) is 10.9 Å². The van der Waals surface area contributed by atoms with Crippen LogP contribution in [0, 0.1) is 0 Å². The highest BCUT2D eigenvalue weighted by Gasteiger charge is 2.17. The summed E-state index contributed by atoms with van der Waals surface area (Å²) in [6, 6.07) is 25.5.